The summed E-state index contributed by atoms with van der Waals surface area (Å²) in [7, 11) is 32.0. The maximum atomic E-state index is 8.21. The van der Waals surface area contributed by atoms with Crippen LogP contribution in [0, 0.1) is 10.8 Å². The predicted octanol–water partition coefficient (Wildman–Crippen LogP) is 20.0. The summed E-state index contributed by atoms with van der Waals surface area (Å²) < 4.78 is 2.27. The van der Waals surface area contributed by atoms with Crippen LogP contribution in [-0.2, 0) is 35.8 Å². The molecule has 0 aromatic heterocycles. The SMILES string of the molecule is CCCC1(CC2=Cc3c(-c4cccc5ccccc45)cccc3[CH]2[Zr]([Cl])([Cl])[CH2][SiH2][CH2][Zr]([Cl])([Cl])[CH]2C(CC3(CCC)CCCCC3)=Cc3c(-c4cccc5ccccc45)cccc32)CCCCC1. The van der Waals surface area contributed by atoms with E-state index in [1.54, 1.807) is 0 Å². The first kappa shape index (κ1) is 49.1. The fraction of sp³-hybridized carbons (Fsp3) is 0.400. The molecule has 67 heavy (non-hydrogen) atoms. The van der Waals surface area contributed by atoms with Crippen LogP contribution in [0.2, 0.25) is 7.50 Å². The van der Waals surface area contributed by atoms with Crippen LogP contribution in [0.3, 0.4) is 0 Å². The molecule has 348 valence electrons. The second kappa shape index (κ2) is 20.9. The van der Waals surface area contributed by atoms with Crippen LogP contribution in [0.25, 0.3) is 56.0 Å². The molecule has 6 aromatic rings. The van der Waals surface area contributed by atoms with Gasteiger partial charge in [0.25, 0.3) is 0 Å². The zero-order valence-electron chi connectivity index (χ0n) is 39.8. The van der Waals surface area contributed by atoms with Crippen molar-refractivity contribution < 1.29 is 35.8 Å². The second-order valence-electron chi connectivity index (χ2n) is 21.3. The Kier molecular flexibility index (Phi) is 15.3. The van der Waals surface area contributed by atoms with Gasteiger partial charge in [-0.05, 0) is 0 Å². The summed E-state index contributed by atoms with van der Waals surface area (Å²) in [6.07, 6.45) is 25.7. The summed E-state index contributed by atoms with van der Waals surface area (Å²) in [5.41, 5.74) is 14.4. The van der Waals surface area contributed by atoms with Crippen LogP contribution in [0.5, 0.6) is 0 Å². The molecule has 6 aromatic carbocycles. The molecule has 2 atom stereocenters. The first-order valence-electron chi connectivity index (χ1n) is 25.9. The standard InChI is InChI=1S/2C29H31.C2H6Si.4ClH.2Zr/c2*1-2-16-29(17-6-3-7-18-29)21-22-19-24-12-9-15-27(28(24)20-22)26-14-8-11-23-10-4-5-13-25(23)26;1-3-2;;;;;;/h2*4-5,8-15,19-20H,2-3,6-7,16-18,21H2,1H3;1-3H2;4*1H;;/q;;;;;;;2*+2/p-4. The van der Waals surface area contributed by atoms with E-state index in [2.05, 4.69) is 147 Å². The van der Waals surface area contributed by atoms with Gasteiger partial charge in [0.1, 0.15) is 0 Å². The third-order valence-corrected chi connectivity index (χ3v) is 60.0. The molecule has 7 heteroatoms. The van der Waals surface area contributed by atoms with Crippen LogP contribution in [-0.4, -0.2) is 9.52 Å². The van der Waals surface area contributed by atoms with Crippen LogP contribution >= 0.6 is 34.1 Å². The van der Waals surface area contributed by atoms with Crippen LogP contribution < -0.4 is 0 Å². The fourth-order valence-electron chi connectivity index (χ4n) is 14.0. The van der Waals surface area contributed by atoms with E-state index in [-0.39, 0.29) is 7.25 Å². The van der Waals surface area contributed by atoms with Gasteiger partial charge in [-0.25, -0.2) is 0 Å². The molecule has 2 saturated carbocycles. The topological polar surface area (TPSA) is 0 Å². The van der Waals surface area contributed by atoms with Crippen LogP contribution in [0.15, 0.2) is 132 Å². The van der Waals surface area contributed by atoms with Crippen molar-refractivity contribution in [3.63, 3.8) is 0 Å². The van der Waals surface area contributed by atoms with E-state index in [9.17, 15) is 0 Å². The van der Waals surface area contributed by atoms with Gasteiger partial charge >= 0.3 is 432 Å². The van der Waals surface area contributed by atoms with E-state index >= 15 is 0 Å². The van der Waals surface area contributed by atoms with E-state index in [1.165, 1.54) is 167 Å². The van der Waals surface area contributed by atoms with Gasteiger partial charge in [0.05, 0.1) is 0 Å². The average molecular weight is 1140 g/mol. The molecular weight excluding hydrogens is 1070 g/mol. The van der Waals surface area contributed by atoms with Crippen molar-refractivity contribution in [3.05, 3.63) is 155 Å². The van der Waals surface area contributed by atoms with Gasteiger partial charge in [-0.1, -0.05) is 0 Å². The van der Waals surface area contributed by atoms with Gasteiger partial charge in [0.2, 0.25) is 0 Å². The van der Waals surface area contributed by atoms with Gasteiger partial charge in [0.15, 0.2) is 0 Å². The molecule has 0 radical (unpaired) electrons. The van der Waals surface area contributed by atoms with E-state index in [0.717, 1.165) is 20.3 Å². The number of rotatable bonds is 16. The monoisotopic (exact) mass is 1140 g/mol. The maximum absolute atomic E-state index is 8.21. The van der Waals surface area contributed by atoms with Gasteiger partial charge in [-0.2, -0.15) is 0 Å². The number of fused-ring (bicyclic) bond motifs is 4. The van der Waals surface area contributed by atoms with Crippen molar-refractivity contribution in [2.45, 2.75) is 131 Å². The van der Waals surface area contributed by atoms with Crippen molar-refractivity contribution in [2.75, 3.05) is 0 Å². The number of hydrogen-bond acceptors (Lipinski definition) is 0. The Morgan fingerprint density at radius 3 is 1.25 bits per heavy atom. The summed E-state index contributed by atoms with van der Waals surface area (Å²) in [5, 5.41) is 5.15. The summed E-state index contributed by atoms with van der Waals surface area (Å²) in [6, 6.07) is 45.2. The molecule has 0 spiro atoms. The Hall–Kier alpha value is -1.54. The first-order valence-corrected chi connectivity index (χ1v) is 46.9. The van der Waals surface area contributed by atoms with E-state index in [0.29, 0.717) is 10.8 Å². The number of hydrogen-bond donors (Lipinski definition) is 0. The molecule has 2 unspecified atom stereocenters. The van der Waals surface area contributed by atoms with E-state index in [1.807, 2.05) is 0 Å². The third-order valence-electron chi connectivity index (χ3n) is 16.9. The molecule has 4 aliphatic carbocycles. The van der Waals surface area contributed by atoms with Crippen molar-refractivity contribution in [1.82, 2.24) is 0 Å². The zero-order chi connectivity index (χ0) is 46.2. The van der Waals surface area contributed by atoms with E-state index in [4.69, 9.17) is 34.1 Å². The van der Waals surface area contributed by atoms with Gasteiger partial charge in [0, 0.05) is 0 Å². The zero-order valence-corrected chi connectivity index (χ0v) is 49.2. The molecule has 2 fully saturated rings. The summed E-state index contributed by atoms with van der Waals surface area (Å²) in [4.78, 5) is 0. The van der Waals surface area contributed by atoms with Gasteiger partial charge in [-0.3, -0.25) is 0 Å². The van der Waals surface area contributed by atoms with Crippen LogP contribution in [0.1, 0.15) is 146 Å². The predicted molar refractivity (Wildman–Crippen MR) is 292 cm³/mol. The summed E-state index contributed by atoms with van der Waals surface area (Å²) in [5.74, 6) is 0. The molecule has 0 bridgehead atoms. The molecule has 10 rings (SSSR count). The molecule has 0 heterocycles. The molecule has 0 aliphatic heterocycles. The Morgan fingerprint density at radius 2 is 0.836 bits per heavy atom. The van der Waals surface area contributed by atoms with Crippen molar-refractivity contribution >= 4 is 77.3 Å². The molecule has 4 aliphatic rings. The minimum absolute atomic E-state index is 0.145. The van der Waals surface area contributed by atoms with Crippen LogP contribution in [0.4, 0.5) is 0 Å². The fourth-order valence-corrected chi connectivity index (χ4v) is 58.6. The van der Waals surface area contributed by atoms with Crippen molar-refractivity contribution in [1.29, 1.82) is 0 Å². The Balaban J connectivity index is 0.987. The Labute approximate surface area is 427 Å². The Morgan fingerprint density at radius 1 is 0.463 bits per heavy atom. The van der Waals surface area contributed by atoms with Crippen molar-refractivity contribution in [2.24, 2.45) is 10.8 Å². The molecule has 0 N–H and O–H groups in total. The molecular formula is C60H68Cl4SiZr2. The summed E-state index contributed by atoms with van der Waals surface area (Å²) >= 11 is -7.87. The average Bonchev–Trinajstić information content (AvgIpc) is 3.90. The first-order chi connectivity index (χ1) is 32.5. The minimum atomic E-state index is -3.94. The van der Waals surface area contributed by atoms with Gasteiger partial charge < -0.3 is 0 Å². The van der Waals surface area contributed by atoms with E-state index < -0.39 is 45.3 Å². The quantitative estimate of drug-likeness (QED) is 0.0848. The number of benzene rings is 6. The normalized spacial score (nSPS) is 20.3. The summed E-state index contributed by atoms with van der Waals surface area (Å²) in [6.45, 7) is 4.76. The Bertz CT molecular complexity index is 2600. The van der Waals surface area contributed by atoms with Crippen molar-refractivity contribution in [3.8, 4) is 22.3 Å². The molecule has 0 saturated heterocycles. The second-order valence-corrected chi connectivity index (χ2v) is 59.0. The third kappa shape index (κ3) is 10.0. The molecule has 0 amide bonds. The number of halogens is 4. The van der Waals surface area contributed by atoms with Gasteiger partial charge in [-0.15, -0.1) is 0 Å². The molecule has 0 nitrogen and oxygen atoms in total. The number of allylic oxidation sites excluding steroid dienone is 2.